The number of halogens is 1. The molecule has 0 radical (unpaired) electrons. The highest BCUT2D eigenvalue weighted by molar-refractivity contribution is 5.89. The van der Waals surface area contributed by atoms with Crippen LogP contribution in [0.3, 0.4) is 0 Å². The van der Waals surface area contributed by atoms with E-state index in [0.717, 1.165) is 67.7 Å². The second-order valence-corrected chi connectivity index (χ2v) is 10.5. The molecule has 1 saturated heterocycles. The van der Waals surface area contributed by atoms with E-state index < -0.39 is 5.82 Å². The van der Waals surface area contributed by atoms with Crippen molar-refractivity contribution < 1.29 is 13.9 Å². The molecule has 0 saturated carbocycles. The third-order valence-electron chi connectivity index (χ3n) is 7.93. The molecule has 3 aromatic rings. The van der Waals surface area contributed by atoms with Gasteiger partial charge in [-0.1, -0.05) is 49.4 Å². The number of hydrogen-bond donors (Lipinski definition) is 0. The molecule has 0 bridgehead atoms. The van der Waals surface area contributed by atoms with Crippen molar-refractivity contribution in [1.82, 2.24) is 14.7 Å². The van der Waals surface area contributed by atoms with E-state index in [1.165, 1.54) is 18.9 Å². The van der Waals surface area contributed by atoms with Gasteiger partial charge in [-0.3, -0.25) is 14.5 Å². The molecule has 7 heteroatoms. The fraction of sp³-hybridized carbons (Fsp3) is 0.364. The minimum atomic E-state index is -0.428. The summed E-state index contributed by atoms with van der Waals surface area (Å²) in [6.07, 6.45) is 13.3. The number of hydrogen-bond acceptors (Lipinski definition) is 4. The van der Waals surface area contributed by atoms with Crippen LogP contribution in [-0.2, 0) is 11.3 Å². The Labute approximate surface area is 235 Å². The average Bonchev–Trinajstić information content (AvgIpc) is 3.12. The van der Waals surface area contributed by atoms with Crippen molar-refractivity contribution >= 4 is 11.6 Å². The van der Waals surface area contributed by atoms with E-state index in [1.54, 1.807) is 16.8 Å². The van der Waals surface area contributed by atoms with Crippen molar-refractivity contribution in [2.45, 2.75) is 45.6 Å². The molecule has 2 aliphatic heterocycles. The first-order valence-corrected chi connectivity index (χ1v) is 14.2. The third kappa shape index (κ3) is 6.41. The van der Waals surface area contributed by atoms with Crippen LogP contribution in [0.5, 0.6) is 5.75 Å². The Hall–Kier alpha value is -4.00. The quantitative estimate of drug-likeness (QED) is 0.311. The van der Waals surface area contributed by atoms with Crippen molar-refractivity contribution in [3.63, 3.8) is 0 Å². The van der Waals surface area contributed by atoms with Gasteiger partial charge in [0.25, 0.3) is 0 Å². The highest BCUT2D eigenvalue weighted by Gasteiger charge is 2.25. The maximum atomic E-state index is 14.2. The van der Waals surface area contributed by atoms with Crippen molar-refractivity contribution in [2.75, 3.05) is 20.2 Å². The van der Waals surface area contributed by atoms with Crippen LogP contribution in [0, 0.1) is 17.7 Å². The largest absolute Gasteiger partial charge is 0.494 e. The van der Waals surface area contributed by atoms with Gasteiger partial charge in [0.2, 0.25) is 5.91 Å². The second-order valence-electron chi connectivity index (χ2n) is 10.5. The maximum Gasteiger partial charge on any atom is 0.244 e. The molecule has 40 heavy (non-hydrogen) atoms. The van der Waals surface area contributed by atoms with E-state index in [4.69, 9.17) is 14.8 Å². The zero-order valence-electron chi connectivity index (χ0n) is 23.3. The van der Waals surface area contributed by atoms with Crippen molar-refractivity contribution in [2.24, 2.45) is 16.8 Å². The fourth-order valence-electron chi connectivity index (χ4n) is 5.65. The van der Waals surface area contributed by atoms with Gasteiger partial charge in [-0.15, -0.1) is 0 Å². The van der Waals surface area contributed by atoms with E-state index in [0.29, 0.717) is 11.8 Å². The Bertz CT molecular complexity index is 1410. The molecule has 2 unspecified atom stereocenters. The Kier molecular flexibility index (Phi) is 8.89. The van der Waals surface area contributed by atoms with Gasteiger partial charge in [-0.25, -0.2) is 4.39 Å². The van der Waals surface area contributed by atoms with Gasteiger partial charge < -0.3 is 9.64 Å². The molecule has 1 fully saturated rings. The minimum Gasteiger partial charge on any atom is -0.494 e. The van der Waals surface area contributed by atoms with Crippen molar-refractivity contribution in [3.8, 4) is 28.3 Å². The van der Waals surface area contributed by atoms with Crippen LogP contribution in [0.25, 0.3) is 22.5 Å². The average molecular weight is 541 g/mol. The van der Waals surface area contributed by atoms with Crippen LogP contribution in [0.15, 0.2) is 84.0 Å². The summed E-state index contributed by atoms with van der Waals surface area (Å²) in [5, 5.41) is 4.82. The number of methoxy groups -OCH3 is 1. The molecule has 1 aromatic heterocycles. The first-order chi connectivity index (χ1) is 19.6. The number of aliphatic imine (C=N–C) groups is 1. The highest BCUT2D eigenvalue weighted by Crippen LogP contribution is 2.31. The van der Waals surface area contributed by atoms with Gasteiger partial charge in [0.05, 0.1) is 18.5 Å². The summed E-state index contributed by atoms with van der Waals surface area (Å²) in [5.41, 5.74) is 4.46. The molecule has 2 aliphatic rings. The van der Waals surface area contributed by atoms with Crippen molar-refractivity contribution in [1.29, 1.82) is 0 Å². The Morgan fingerprint density at radius 1 is 1.05 bits per heavy atom. The topological polar surface area (TPSA) is 59.7 Å². The molecular formula is C33H37FN4O2. The maximum absolute atomic E-state index is 14.2. The fourth-order valence-corrected chi connectivity index (χ4v) is 5.65. The van der Waals surface area contributed by atoms with Gasteiger partial charge in [0, 0.05) is 42.0 Å². The molecule has 3 heterocycles. The van der Waals surface area contributed by atoms with Crippen LogP contribution in [-0.4, -0.2) is 46.5 Å². The Balaban J connectivity index is 1.33. The zero-order valence-corrected chi connectivity index (χ0v) is 23.3. The van der Waals surface area contributed by atoms with Crippen LogP contribution < -0.4 is 4.74 Å². The standard InChI is InChI=1S/C33H37FN4O2/c1-3-25-11-7-8-17-35-29(25)20-24-10-9-18-37(19-16-24)33(39)23-38-31(27-14-15-28(34)32(21-27)40-2)22-30(36-38)26-12-5-4-6-13-26/h4-8,11-15,17,21-22,24-25H,3,9-10,16,18-20,23H2,1-2H3. The number of carbonyl (C=O) groups is 1. The Morgan fingerprint density at radius 2 is 1.90 bits per heavy atom. The van der Waals surface area contributed by atoms with Crippen molar-refractivity contribution in [3.05, 3.63) is 84.8 Å². The smallest absolute Gasteiger partial charge is 0.244 e. The number of likely N-dealkylation sites (tertiary alicyclic amines) is 1. The second kappa shape index (κ2) is 12.9. The van der Waals surface area contributed by atoms with Crippen LogP contribution in [0.1, 0.15) is 39.0 Å². The number of rotatable bonds is 8. The lowest BCUT2D eigenvalue weighted by Gasteiger charge is -2.22. The van der Waals surface area contributed by atoms with E-state index in [2.05, 4.69) is 19.1 Å². The molecule has 0 N–H and O–H groups in total. The first-order valence-electron chi connectivity index (χ1n) is 14.2. The molecular weight excluding hydrogens is 503 g/mol. The predicted octanol–water partition coefficient (Wildman–Crippen LogP) is 6.93. The number of benzene rings is 2. The van der Waals surface area contributed by atoms with Gasteiger partial charge >= 0.3 is 0 Å². The molecule has 208 valence electrons. The zero-order chi connectivity index (χ0) is 27.9. The molecule has 5 rings (SSSR count). The van der Waals surface area contributed by atoms with Gasteiger partial charge in [-0.05, 0) is 68.4 Å². The van der Waals surface area contributed by atoms with Crippen LogP contribution in [0.4, 0.5) is 4.39 Å². The van der Waals surface area contributed by atoms with E-state index >= 15 is 0 Å². The number of carbonyl (C=O) groups excluding carboxylic acids is 1. The molecule has 2 atom stereocenters. The van der Waals surface area contributed by atoms with E-state index in [-0.39, 0.29) is 18.2 Å². The lowest BCUT2D eigenvalue weighted by atomic mass is 9.88. The summed E-state index contributed by atoms with van der Waals surface area (Å²) in [6, 6.07) is 16.6. The number of amides is 1. The summed E-state index contributed by atoms with van der Waals surface area (Å²) in [4.78, 5) is 20.3. The summed E-state index contributed by atoms with van der Waals surface area (Å²) in [6.45, 7) is 3.79. The third-order valence-corrected chi connectivity index (χ3v) is 7.93. The summed E-state index contributed by atoms with van der Waals surface area (Å²) >= 11 is 0. The lowest BCUT2D eigenvalue weighted by molar-refractivity contribution is -0.132. The van der Waals surface area contributed by atoms with E-state index in [9.17, 15) is 9.18 Å². The Morgan fingerprint density at radius 3 is 2.70 bits per heavy atom. The normalized spacial score (nSPS) is 19.2. The molecule has 1 amide bonds. The predicted molar refractivity (Wildman–Crippen MR) is 158 cm³/mol. The highest BCUT2D eigenvalue weighted by atomic mass is 19.1. The summed E-state index contributed by atoms with van der Waals surface area (Å²) in [5.74, 6) is 0.678. The summed E-state index contributed by atoms with van der Waals surface area (Å²) < 4.78 is 21.1. The number of ether oxygens (including phenoxy) is 1. The number of allylic oxidation sites excluding steroid dienone is 3. The lowest BCUT2D eigenvalue weighted by Crippen LogP contribution is -2.35. The SMILES string of the molecule is CCC1C=CC=CN=C1CC1CCCN(C(=O)Cn2nc(-c3ccccc3)cc2-c2ccc(F)c(OC)c2)CC1. The van der Waals surface area contributed by atoms with Gasteiger partial charge in [0.1, 0.15) is 6.54 Å². The monoisotopic (exact) mass is 540 g/mol. The van der Waals surface area contributed by atoms with Crippen LogP contribution >= 0.6 is 0 Å². The molecule has 2 aromatic carbocycles. The number of aromatic nitrogens is 2. The molecule has 0 spiro atoms. The summed E-state index contributed by atoms with van der Waals surface area (Å²) in [7, 11) is 1.45. The first kappa shape index (κ1) is 27.6. The van der Waals surface area contributed by atoms with E-state index in [1.807, 2.05) is 53.6 Å². The minimum absolute atomic E-state index is 0.0443. The van der Waals surface area contributed by atoms with Gasteiger partial charge in [-0.2, -0.15) is 5.10 Å². The number of nitrogens with zero attached hydrogens (tertiary/aromatic N) is 4. The van der Waals surface area contributed by atoms with Crippen LogP contribution in [0.2, 0.25) is 0 Å². The van der Waals surface area contributed by atoms with Gasteiger partial charge in [0.15, 0.2) is 11.6 Å². The molecule has 6 nitrogen and oxygen atoms in total. The molecule has 0 aliphatic carbocycles.